The molecule has 0 spiro atoms. The summed E-state index contributed by atoms with van der Waals surface area (Å²) >= 11 is 0. The Labute approximate surface area is 84.9 Å². The fraction of sp³-hybridized carbons (Fsp3) is 0.222. The van der Waals surface area contributed by atoms with Gasteiger partial charge in [0.05, 0.1) is 5.56 Å². The van der Waals surface area contributed by atoms with Crippen molar-refractivity contribution in [3.8, 4) is 0 Å². The molecule has 1 aromatic rings. The van der Waals surface area contributed by atoms with Gasteiger partial charge < -0.3 is 10.4 Å². The van der Waals surface area contributed by atoms with Gasteiger partial charge in [0, 0.05) is 6.20 Å². The zero-order valence-corrected chi connectivity index (χ0v) is 7.90. The molecule has 0 saturated heterocycles. The molecular formula is C9H9FN2O3. The Hall–Kier alpha value is -1.98. The summed E-state index contributed by atoms with van der Waals surface area (Å²) in [7, 11) is 0. The number of nitrogens with one attached hydrogen (secondary N) is 1. The third-order valence-corrected chi connectivity index (χ3v) is 1.71. The average molecular weight is 212 g/mol. The van der Waals surface area contributed by atoms with Crippen LogP contribution in [-0.4, -0.2) is 28.0 Å². The summed E-state index contributed by atoms with van der Waals surface area (Å²) in [6, 6.07) is 1.26. The first-order valence-electron chi connectivity index (χ1n) is 4.16. The van der Waals surface area contributed by atoms with Crippen molar-refractivity contribution in [2.75, 3.05) is 0 Å². The van der Waals surface area contributed by atoms with Gasteiger partial charge >= 0.3 is 5.97 Å². The SMILES string of the molecule is CC(NC(=O)c1ccc(F)nc1)C(=O)O. The maximum Gasteiger partial charge on any atom is 0.325 e. The molecule has 0 aliphatic rings. The van der Waals surface area contributed by atoms with Crippen molar-refractivity contribution in [2.45, 2.75) is 13.0 Å². The van der Waals surface area contributed by atoms with Gasteiger partial charge in [0.1, 0.15) is 6.04 Å². The van der Waals surface area contributed by atoms with E-state index in [1.54, 1.807) is 0 Å². The second-order valence-electron chi connectivity index (χ2n) is 2.90. The lowest BCUT2D eigenvalue weighted by molar-refractivity contribution is -0.138. The fourth-order valence-corrected chi connectivity index (χ4v) is 0.852. The maximum atomic E-state index is 12.4. The quantitative estimate of drug-likeness (QED) is 0.712. The van der Waals surface area contributed by atoms with Gasteiger partial charge in [-0.2, -0.15) is 4.39 Å². The summed E-state index contributed by atoms with van der Waals surface area (Å²) in [5.41, 5.74) is 0.115. The van der Waals surface area contributed by atoms with E-state index in [1.165, 1.54) is 13.0 Å². The van der Waals surface area contributed by atoms with Crippen LogP contribution < -0.4 is 5.32 Å². The summed E-state index contributed by atoms with van der Waals surface area (Å²) < 4.78 is 12.4. The molecule has 1 heterocycles. The fourth-order valence-electron chi connectivity index (χ4n) is 0.852. The monoisotopic (exact) mass is 212 g/mol. The molecule has 0 radical (unpaired) electrons. The Balaban J connectivity index is 2.69. The van der Waals surface area contributed by atoms with Crippen LogP contribution in [-0.2, 0) is 4.79 Å². The molecule has 5 nitrogen and oxygen atoms in total. The zero-order valence-electron chi connectivity index (χ0n) is 7.90. The van der Waals surface area contributed by atoms with E-state index in [2.05, 4.69) is 10.3 Å². The first kappa shape index (κ1) is 11.1. The normalized spacial score (nSPS) is 11.9. The van der Waals surface area contributed by atoms with E-state index in [1.807, 2.05) is 0 Å². The molecule has 0 fully saturated rings. The molecule has 0 aliphatic heterocycles. The van der Waals surface area contributed by atoms with Crippen LogP contribution in [0.1, 0.15) is 17.3 Å². The third-order valence-electron chi connectivity index (χ3n) is 1.71. The Morgan fingerprint density at radius 2 is 2.20 bits per heavy atom. The number of hydrogen-bond donors (Lipinski definition) is 2. The summed E-state index contributed by atoms with van der Waals surface area (Å²) in [4.78, 5) is 25.0. The van der Waals surface area contributed by atoms with Crippen molar-refractivity contribution in [3.63, 3.8) is 0 Å². The lowest BCUT2D eigenvalue weighted by Gasteiger charge is -2.08. The number of carbonyl (C=O) groups is 2. The molecule has 0 bridgehead atoms. The third kappa shape index (κ3) is 3.01. The van der Waals surface area contributed by atoms with Crippen LogP contribution in [0.15, 0.2) is 18.3 Å². The highest BCUT2D eigenvalue weighted by Gasteiger charge is 2.15. The lowest BCUT2D eigenvalue weighted by atomic mass is 10.2. The Morgan fingerprint density at radius 3 is 2.67 bits per heavy atom. The van der Waals surface area contributed by atoms with Crippen molar-refractivity contribution < 1.29 is 19.1 Å². The van der Waals surface area contributed by atoms with Gasteiger partial charge in [0.25, 0.3) is 5.91 Å². The van der Waals surface area contributed by atoms with E-state index in [-0.39, 0.29) is 5.56 Å². The largest absolute Gasteiger partial charge is 0.480 e. The molecule has 0 aromatic carbocycles. The molecule has 1 atom stereocenters. The van der Waals surface area contributed by atoms with Crippen LogP contribution in [0.5, 0.6) is 0 Å². The molecule has 1 unspecified atom stereocenters. The zero-order chi connectivity index (χ0) is 11.4. The predicted octanol–water partition coefficient (Wildman–Crippen LogP) is 0.424. The molecule has 0 aliphatic carbocycles. The number of aliphatic carboxylic acids is 1. The summed E-state index contributed by atoms with van der Waals surface area (Å²) in [5.74, 6) is -2.44. The van der Waals surface area contributed by atoms with E-state index >= 15 is 0 Å². The second-order valence-corrected chi connectivity index (χ2v) is 2.90. The Bertz CT molecular complexity index is 377. The van der Waals surface area contributed by atoms with Crippen LogP contribution in [0.4, 0.5) is 4.39 Å². The van der Waals surface area contributed by atoms with Crippen molar-refractivity contribution >= 4 is 11.9 Å². The smallest absolute Gasteiger partial charge is 0.325 e. The summed E-state index contributed by atoms with van der Waals surface area (Å²) in [5, 5.41) is 10.7. The molecule has 0 saturated carbocycles. The highest BCUT2D eigenvalue weighted by Crippen LogP contribution is 1.99. The van der Waals surface area contributed by atoms with Crippen LogP contribution in [0.2, 0.25) is 0 Å². The van der Waals surface area contributed by atoms with Crippen LogP contribution in [0, 0.1) is 5.95 Å². The molecule has 2 N–H and O–H groups in total. The van der Waals surface area contributed by atoms with Gasteiger partial charge in [-0.05, 0) is 19.1 Å². The minimum atomic E-state index is -1.14. The number of pyridine rings is 1. The van der Waals surface area contributed by atoms with Crippen molar-refractivity contribution in [1.29, 1.82) is 0 Å². The topological polar surface area (TPSA) is 79.3 Å². The summed E-state index contributed by atoms with van der Waals surface area (Å²) in [6.07, 6.45) is 1.04. The minimum Gasteiger partial charge on any atom is -0.480 e. The van der Waals surface area contributed by atoms with Gasteiger partial charge in [-0.15, -0.1) is 0 Å². The second kappa shape index (κ2) is 4.50. The average Bonchev–Trinajstić information content (AvgIpc) is 2.18. The Morgan fingerprint density at radius 1 is 1.53 bits per heavy atom. The minimum absolute atomic E-state index is 0.115. The molecule has 6 heteroatoms. The lowest BCUT2D eigenvalue weighted by Crippen LogP contribution is -2.38. The maximum absolute atomic E-state index is 12.4. The molecule has 1 rings (SSSR count). The number of hydrogen-bond acceptors (Lipinski definition) is 3. The van der Waals surface area contributed by atoms with Crippen LogP contribution >= 0.6 is 0 Å². The van der Waals surface area contributed by atoms with Crippen molar-refractivity contribution in [1.82, 2.24) is 10.3 Å². The standard InChI is InChI=1S/C9H9FN2O3/c1-5(9(14)15)12-8(13)6-2-3-7(10)11-4-6/h2-5H,1H3,(H,12,13)(H,14,15). The number of carbonyl (C=O) groups excluding carboxylic acids is 1. The number of halogens is 1. The molecular weight excluding hydrogens is 203 g/mol. The van der Waals surface area contributed by atoms with Gasteiger partial charge in [0.2, 0.25) is 5.95 Å². The van der Waals surface area contributed by atoms with E-state index < -0.39 is 23.9 Å². The first-order valence-corrected chi connectivity index (χ1v) is 4.16. The predicted molar refractivity (Wildman–Crippen MR) is 48.8 cm³/mol. The van der Waals surface area contributed by atoms with Crippen molar-refractivity contribution in [3.05, 3.63) is 29.8 Å². The molecule has 1 aromatic heterocycles. The number of amides is 1. The number of carboxylic acid groups (broad SMARTS) is 1. The summed E-state index contributed by atoms with van der Waals surface area (Å²) in [6.45, 7) is 1.33. The van der Waals surface area contributed by atoms with Gasteiger partial charge in [-0.1, -0.05) is 0 Å². The van der Waals surface area contributed by atoms with Crippen LogP contribution in [0.3, 0.4) is 0 Å². The molecule has 1 amide bonds. The molecule has 15 heavy (non-hydrogen) atoms. The number of nitrogens with zero attached hydrogens (tertiary/aromatic N) is 1. The highest BCUT2D eigenvalue weighted by molar-refractivity contribution is 5.96. The van der Waals surface area contributed by atoms with E-state index in [0.717, 1.165) is 12.3 Å². The van der Waals surface area contributed by atoms with Gasteiger partial charge in [-0.25, -0.2) is 4.98 Å². The van der Waals surface area contributed by atoms with Crippen molar-refractivity contribution in [2.24, 2.45) is 0 Å². The van der Waals surface area contributed by atoms with Gasteiger partial charge in [0.15, 0.2) is 0 Å². The van der Waals surface area contributed by atoms with Crippen LogP contribution in [0.25, 0.3) is 0 Å². The van der Waals surface area contributed by atoms with E-state index in [0.29, 0.717) is 0 Å². The highest BCUT2D eigenvalue weighted by atomic mass is 19.1. The van der Waals surface area contributed by atoms with E-state index in [9.17, 15) is 14.0 Å². The van der Waals surface area contributed by atoms with E-state index in [4.69, 9.17) is 5.11 Å². The Kier molecular flexibility index (Phi) is 3.33. The first-order chi connectivity index (χ1) is 7.00. The van der Waals surface area contributed by atoms with Gasteiger partial charge in [-0.3, -0.25) is 9.59 Å². The number of rotatable bonds is 3. The number of carboxylic acids is 1. The molecule has 80 valence electrons. The number of aromatic nitrogens is 1.